The Morgan fingerprint density at radius 1 is 0.378 bits per heavy atom. The predicted octanol–water partition coefficient (Wildman–Crippen LogP) is 16.7. The number of phenols is 2. The van der Waals surface area contributed by atoms with Crippen molar-refractivity contribution in [2.75, 3.05) is 11.5 Å². The predicted molar refractivity (Wildman–Crippen MR) is 294 cm³/mol. The minimum absolute atomic E-state index is 0.105. The molecule has 0 heterocycles. The zero-order valence-corrected chi connectivity index (χ0v) is 45.2. The maximum Gasteiger partial charge on any atom is 0.142 e. The Kier molecular flexibility index (Phi) is 8.93. The quantitative estimate of drug-likeness (QED) is 0.0982. The molecule has 4 aromatic rings. The lowest BCUT2D eigenvalue weighted by atomic mass is 9.24. The number of phenolic OH excluding ortho intramolecular Hbond substituents is 2. The monoisotopic (exact) mass is 993 g/mol. The van der Waals surface area contributed by atoms with Crippen LogP contribution in [0.5, 0.6) is 34.5 Å². The first-order valence-electron chi connectivity index (χ1n) is 30.0. The van der Waals surface area contributed by atoms with Crippen LogP contribution in [0.4, 0.5) is 11.4 Å². The molecule has 16 aliphatic rings. The number of hydrogen-bond acceptors (Lipinski definition) is 6. The lowest BCUT2D eigenvalue weighted by molar-refractivity contribution is -0.275. The summed E-state index contributed by atoms with van der Waals surface area (Å²) >= 11 is 0. The van der Waals surface area contributed by atoms with Gasteiger partial charge in [0.2, 0.25) is 0 Å². The van der Waals surface area contributed by atoms with Crippen molar-refractivity contribution in [1.82, 2.24) is 0 Å². The van der Waals surface area contributed by atoms with Gasteiger partial charge in [-0.3, -0.25) is 0 Å². The average Bonchev–Trinajstić information content (AvgIpc) is 3.29. The number of aromatic hydroxyl groups is 2. The number of hydrogen-bond donors (Lipinski definition) is 4. The molecule has 6 nitrogen and oxygen atoms in total. The van der Waals surface area contributed by atoms with Crippen LogP contribution in [-0.2, 0) is 21.7 Å². The minimum atomic E-state index is 0.105. The number of nitrogens with two attached hydrogens (primary N) is 2. The van der Waals surface area contributed by atoms with Crippen LogP contribution in [0.1, 0.15) is 204 Å². The Labute approximate surface area is 441 Å². The molecule has 0 spiro atoms. The van der Waals surface area contributed by atoms with Gasteiger partial charge in [0, 0.05) is 23.3 Å². The summed E-state index contributed by atoms with van der Waals surface area (Å²) in [6.07, 6.45) is 31.6. The molecule has 20 rings (SSSR count). The van der Waals surface area contributed by atoms with Crippen LogP contribution in [0.15, 0.2) is 72.8 Å². The summed E-state index contributed by atoms with van der Waals surface area (Å²) in [7, 11) is 0. The van der Waals surface area contributed by atoms with Gasteiger partial charge in [0.25, 0.3) is 0 Å². The van der Waals surface area contributed by atoms with Crippen LogP contribution in [-0.4, -0.2) is 10.2 Å². The molecule has 6 heteroatoms. The third kappa shape index (κ3) is 6.53. The van der Waals surface area contributed by atoms with Crippen molar-refractivity contribution >= 4 is 11.4 Å². The van der Waals surface area contributed by atoms with Gasteiger partial charge in [0.05, 0.1) is 11.4 Å². The number of rotatable bonds is 9. The van der Waals surface area contributed by atoms with E-state index in [2.05, 4.69) is 88.4 Å². The Balaban J connectivity index is 0.712. The molecule has 74 heavy (non-hydrogen) atoms. The first-order valence-corrected chi connectivity index (χ1v) is 30.0. The van der Waals surface area contributed by atoms with Gasteiger partial charge in [-0.25, -0.2) is 0 Å². The van der Waals surface area contributed by atoms with Crippen molar-refractivity contribution in [2.45, 2.75) is 203 Å². The molecule has 4 atom stereocenters. The maximum absolute atomic E-state index is 11.0. The lowest BCUT2D eigenvalue weighted by Gasteiger charge is -2.80. The molecule has 0 radical (unpaired) electrons. The van der Waals surface area contributed by atoms with Gasteiger partial charge in [-0.2, -0.15) is 0 Å². The Morgan fingerprint density at radius 3 is 0.973 bits per heavy atom. The van der Waals surface area contributed by atoms with E-state index >= 15 is 0 Å². The summed E-state index contributed by atoms with van der Waals surface area (Å²) in [5, 5.41) is 22.1. The van der Waals surface area contributed by atoms with Crippen LogP contribution < -0.4 is 20.9 Å². The summed E-state index contributed by atoms with van der Waals surface area (Å²) in [4.78, 5) is 0. The highest BCUT2D eigenvalue weighted by Gasteiger charge is 2.76. The molecule has 4 aromatic carbocycles. The second-order valence-corrected chi connectivity index (χ2v) is 31.9. The summed E-state index contributed by atoms with van der Waals surface area (Å²) in [5.74, 6) is 8.45. The molecule has 16 bridgehead atoms. The normalized spacial score (nSPS) is 47.2. The summed E-state index contributed by atoms with van der Waals surface area (Å²) in [6.45, 7) is 10.8. The van der Waals surface area contributed by atoms with Crippen LogP contribution in [0.2, 0.25) is 0 Å². The number of anilines is 2. The Morgan fingerprint density at radius 2 is 0.676 bits per heavy atom. The van der Waals surface area contributed by atoms with Gasteiger partial charge in [0.15, 0.2) is 0 Å². The fraction of sp³-hybridized carbons (Fsp3) is 0.647. The molecule has 0 saturated heterocycles. The fourth-order valence-corrected chi connectivity index (χ4v) is 26.2. The van der Waals surface area contributed by atoms with Crippen molar-refractivity contribution in [1.29, 1.82) is 0 Å². The molecule has 390 valence electrons. The van der Waals surface area contributed by atoms with Crippen LogP contribution in [0.3, 0.4) is 0 Å². The van der Waals surface area contributed by atoms with Gasteiger partial charge in [-0.1, -0.05) is 52.0 Å². The topological polar surface area (TPSA) is 111 Å². The number of benzene rings is 4. The van der Waals surface area contributed by atoms with Crippen molar-refractivity contribution < 1.29 is 19.7 Å². The highest BCUT2D eigenvalue weighted by molar-refractivity contribution is 5.63. The smallest absolute Gasteiger partial charge is 0.142 e. The van der Waals surface area contributed by atoms with Gasteiger partial charge >= 0.3 is 0 Å². The van der Waals surface area contributed by atoms with Crippen molar-refractivity contribution in [3.63, 3.8) is 0 Å². The molecule has 16 aliphatic carbocycles. The van der Waals surface area contributed by atoms with Crippen molar-refractivity contribution in [3.05, 3.63) is 95.1 Å². The molecule has 0 aromatic heterocycles. The minimum Gasteiger partial charge on any atom is -0.506 e. The number of nitrogen functional groups attached to an aromatic ring is 2. The van der Waals surface area contributed by atoms with Gasteiger partial charge in [0.1, 0.15) is 34.5 Å². The van der Waals surface area contributed by atoms with Crippen molar-refractivity contribution in [3.8, 4) is 34.5 Å². The van der Waals surface area contributed by atoms with Gasteiger partial charge in [-0.15, -0.1) is 0 Å². The van der Waals surface area contributed by atoms with E-state index in [4.69, 9.17) is 20.9 Å². The zero-order chi connectivity index (χ0) is 50.3. The highest BCUT2D eigenvalue weighted by atomic mass is 16.5. The summed E-state index contributed by atoms with van der Waals surface area (Å²) in [5.41, 5.74) is 21.8. The van der Waals surface area contributed by atoms with E-state index in [0.717, 1.165) is 58.5 Å². The van der Waals surface area contributed by atoms with E-state index in [1.807, 2.05) is 12.1 Å². The average molecular weight is 993 g/mol. The van der Waals surface area contributed by atoms with Crippen molar-refractivity contribution in [2.24, 2.45) is 68.0 Å². The Hall–Kier alpha value is -4.32. The molecule has 0 aliphatic heterocycles. The SMILES string of the molecule is CC12CC3(C)CC(c4ccc(Oc5cc(O)c(N)cc5C56CC7CC(CC(C7)C5)C6)cc4)(C1)CC(C14CC5(C)CC(C)(CC(c6ccc(Oc7cc(O)c(N)cc7C78CC9CC(CC(C9)C7)C8)cc6)(C5)C1)C4)(C2)C3. The second-order valence-electron chi connectivity index (χ2n) is 31.9. The first kappa shape index (κ1) is 45.8. The van der Waals surface area contributed by atoms with E-state index < -0.39 is 0 Å². The highest BCUT2D eigenvalue weighted by Crippen LogP contribution is 2.85. The molecule has 0 amide bonds. The lowest BCUT2D eigenvalue weighted by Crippen LogP contribution is -2.71. The van der Waals surface area contributed by atoms with Crippen LogP contribution in [0.25, 0.3) is 0 Å². The largest absolute Gasteiger partial charge is 0.506 e. The van der Waals surface area contributed by atoms with Gasteiger partial charge < -0.3 is 31.2 Å². The standard InChI is InChI=1S/C68H84N2O4/c1-59-29-60(2)32-65(31-59,47-5-9-49(10-6-47)73-57-21-55(71)53(69)19-51(57)63-23-41-13-42(24-63)15-43(14-41)25-63)39-67(35-59,36-60)68-37-61(3)30-62(4,38-68)34-66(33-61,40-68)48-7-11-50(12-8-48)74-58-22-56(72)54(70)20-52(58)64-26-44-16-45(27-64)18-46(17-44)28-64/h5-12,19-22,41-46,71-72H,13-18,23-40,69-70H2,1-4H3. The van der Waals surface area contributed by atoms with E-state index in [0.29, 0.717) is 33.0 Å². The maximum atomic E-state index is 11.0. The third-order valence-electron chi connectivity index (χ3n) is 25.2. The molecule has 6 N–H and O–H groups in total. The van der Waals surface area contributed by atoms with E-state index in [9.17, 15) is 10.2 Å². The van der Waals surface area contributed by atoms with Gasteiger partial charge in [-0.05, 0) is 291 Å². The zero-order valence-electron chi connectivity index (χ0n) is 45.2. The Bertz CT molecular complexity index is 2710. The van der Waals surface area contributed by atoms with E-state index in [-0.39, 0.29) is 44.0 Å². The third-order valence-corrected chi connectivity index (χ3v) is 25.2. The molecule has 4 unspecified atom stereocenters. The molecule has 16 fully saturated rings. The van der Waals surface area contributed by atoms with E-state index in [1.54, 1.807) is 0 Å². The van der Waals surface area contributed by atoms with Crippen LogP contribution in [0, 0.1) is 68.0 Å². The van der Waals surface area contributed by atoms with Crippen LogP contribution >= 0.6 is 0 Å². The summed E-state index contributed by atoms with van der Waals surface area (Å²) in [6, 6.07) is 26.8. The molecular weight excluding hydrogens is 909 g/mol. The fourth-order valence-electron chi connectivity index (χ4n) is 26.2. The molecular formula is C68H84N2O4. The summed E-state index contributed by atoms with van der Waals surface area (Å²) < 4.78 is 13.9. The first-order chi connectivity index (χ1) is 35.2. The number of ether oxygens (including phenoxy) is 2. The second kappa shape index (κ2) is 14.4. The van der Waals surface area contributed by atoms with E-state index in [1.165, 1.54) is 176 Å². The molecule has 16 saturated carbocycles.